The molecule has 24 heavy (non-hydrogen) atoms. The molecule has 1 amide bonds. The Kier molecular flexibility index (Phi) is 4.25. The molecule has 0 unspecified atom stereocenters. The Morgan fingerprint density at radius 3 is 2.50 bits per heavy atom. The van der Waals surface area contributed by atoms with E-state index in [1.165, 1.54) is 0 Å². The maximum Gasteiger partial charge on any atom is 0.277 e. The molecule has 0 bridgehead atoms. The van der Waals surface area contributed by atoms with Crippen molar-refractivity contribution in [2.45, 2.75) is 51.7 Å². The molecule has 0 atom stereocenters. The second kappa shape index (κ2) is 5.97. The Bertz CT molecular complexity index is 706. The van der Waals surface area contributed by atoms with Gasteiger partial charge in [0.2, 0.25) is 0 Å². The predicted octanol–water partition coefficient (Wildman–Crippen LogP) is 0.488. The number of aryl methyl sites for hydroxylation is 1. The molecule has 3 heterocycles. The van der Waals surface area contributed by atoms with E-state index >= 15 is 0 Å². The highest BCUT2D eigenvalue weighted by Crippen LogP contribution is 2.32. The second-order valence-corrected chi connectivity index (χ2v) is 7.37. The highest BCUT2D eigenvalue weighted by molar-refractivity contribution is 5.95. The summed E-state index contributed by atoms with van der Waals surface area (Å²) in [6.45, 7) is 10.3. The number of nitrogens with one attached hydrogen (secondary N) is 2. The van der Waals surface area contributed by atoms with Crippen LogP contribution in [0, 0.1) is 0 Å². The van der Waals surface area contributed by atoms with Gasteiger partial charge in [-0.05, 0) is 32.3 Å². The van der Waals surface area contributed by atoms with E-state index in [0.29, 0.717) is 25.9 Å². The maximum atomic E-state index is 13.2. The SMILES string of the molecule is CCc1n[nH]c(=O)c(C(=O)N2CC(C)(C)OC3(CNC3)C2)c1CC. The van der Waals surface area contributed by atoms with Gasteiger partial charge in [-0.15, -0.1) is 0 Å². The van der Waals surface area contributed by atoms with Gasteiger partial charge in [-0.1, -0.05) is 13.8 Å². The fourth-order valence-electron chi connectivity index (χ4n) is 3.83. The maximum absolute atomic E-state index is 13.2. The lowest BCUT2D eigenvalue weighted by atomic mass is 9.90. The summed E-state index contributed by atoms with van der Waals surface area (Å²) >= 11 is 0. The van der Waals surface area contributed by atoms with Crippen LogP contribution in [0.4, 0.5) is 0 Å². The summed E-state index contributed by atoms with van der Waals surface area (Å²) in [5.74, 6) is -0.215. The van der Waals surface area contributed by atoms with Crippen molar-refractivity contribution in [3.63, 3.8) is 0 Å². The van der Waals surface area contributed by atoms with E-state index in [4.69, 9.17) is 4.74 Å². The summed E-state index contributed by atoms with van der Waals surface area (Å²) in [6, 6.07) is 0. The van der Waals surface area contributed by atoms with Crippen molar-refractivity contribution in [3.8, 4) is 0 Å². The standard InChI is InChI=1S/C17H26N4O3/c1-5-11-12(6-2)19-20-14(22)13(11)15(23)21-9-16(3,4)24-17(10-21)7-18-8-17/h18H,5-10H2,1-4H3,(H,20,22). The van der Waals surface area contributed by atoms with Crippen molar-refractivity contribution in [1.29, 1.82) is 0 Å². The molecule has 7 heteroatoms. The van der Waals surface area contributed by atoms with Crippen LogP contribution in [0.25, 0.3) is 0 Å². The zero-order valence-electron chi connectivity index (χ0n) is 14.9. The third kappa shape index (κ3) is 2.86. The first-order valence-corrected chi connectivity index (χ1v) is 8.61. The Hall–Kier alpha value is -1.73. The van der Waals surface area contributed by atoms with Crippen LogP contribution in [0.2, 0.25) is 0 Å². The zero-order valence-corrected chi connectivity index (χ0v) is 14.9. The number of hydrogen-bond donors (Lipinski definition) is 2. The van der Waals surface area contributed by atoms with Crippen molar-refractivity contribution < 1.29 is 9.53 Å². The van der Waals surface area contributed by atoms with Crippen LogP contribution < -0.4 is 10.9 Å². The molecule has 7 nitrogen and oxygen atoms in total. The Morgan fingerprint density at radius 1 is 1.25 bits per heavy atom. The monoisotopic (exact) mass is 334 g/mol. The van der Waals surface area contributed by atoms with Gasteiger partial charge in [-0.3, -0.25) is 9.59 Å². The molecule has 132 valence electrons. The Labute approximate surface area is 141 Å². The normalized spacial score (nSPS) is 21.6. The van der Waals surface area contributed by atoms with Crippen molar-refractivity contribution in [2.75, 3.05) is 26.2 Å². The molecule has 2 N–H and O–H groups in total. The molecule has 0 radical (unpaired) electrons. The number of hydrogen-bond acceptors (Lipinski definition) is 5. The average molecular weight is 334 g/mol. The van der Waals surface area contributed by atoms with Crippen molar-refractivity contribution >= 4 is 5.91 Å². The number of rotatable bonds is 3. The number of aromatic amines is 1. The topological polar surface area (TPSA) is 87.3 Å². The lowest BCUT2D eigenvalue weighted by Crippen LogP contribution is -2.73. The van der Waals surface area contributed by atoms with E-state index in [1.54, 1.807) is 4.90 Å². The lowest BCUT2D eigenvalue weighted by molar-refractivity contribution is -0.206. The number of H-pyrrole nitrogens is 1. The smallest absolute Gasteiger partial charge is 0.277 e. The molecule has 2 aliphatic rings. The highest BCUT2D eigenvalue weighted by atomic mass is 16.5. The summed E-state index contributed by atoms with van der Waals surface area (Å²) in [7, 11) is 0. The fraction of sp³-hybridized carbons (Fsp3) is 0.706. The second-order valence-electron chi connectivity index (χ2n) is 7.37. The molecule has 1 aromatic rings. The van der Waals surface area contributed by atoms with Crippen molar-refractivity contribution in [1.82, 2.24) is 20.4 Å². The number of ether oxygens (including phenoxy) is 1. The molecule has 0 aliphatic carbocycles. The summed E-state index contributed by atoms with van der Waals surface area (Å²) in [6.07, 6.45) is 1.30. The first-order chi connectivity index (χ1) is 11.3. The van der Waals surface area contributed by atoms with Crippen molar-refractivity contribution in [2.24, 2.45) is 0 Å². The summed E-state index contributed by atoms with van der Waals surface area (Å²) < 4.78 is 6.19. The number of morpholine rings is 1. The fourth-order valence-corrected chi connectivity index (χ4v) is 3.83. The Balaban J connectivity index is 1.98. The van der Waals surface area contributed by atoms with Gasteiger partial charge in [-0.2, -0.15) is 5.10 Å². The minimum Gasteiger partial charge on any atom is -0.363 e. The van der Waals surface area contributed by atoms with Crippen molar-refractivity contribution in [3.05, 3.63) is 27.2 Å². The van der Waals surface area contributed by atoms with Gasteiger partial charge in [0, 0.05) is 19.6 Å². The highest BCUT2D eigenvalue weighted by Gasteiger charge is 2.49. The molecular weight excluding hydrogens is 308 g/mol. The van der Waals surface area contributed by atoms with Crippen LogP contribution in [0.5, 0.6) is 0 Å². The molecule has 2 aliphatic heterocycles. The molecule has 3 rings (SSSR count). The molecule has 2 fully saturated rings. The van der Waals surface area contributed by atoms with E-state index in [2.05, 4.69) is 15.5 Å². The van der Waals surface area contributed by atoms with Gasteiger partial charge in [0.25, 0.3) is 11.5 Å². The molecule has 0 aromatic carbocycles. The van der Waals surface area contributed by atoms with Crippen LogP contribution in [-0.4, -0.2) is 58.4 Å². The number of amides is 1. The average Bonchev–Trinajstić information content (AvgIpc) is 2.50. The van der Waals surface area contributed by atoms with Gasteiger partial charge >= 0.3 is 0 Å². The van der Waals surface area contributed by atoms with Gasteiger partial charge in [0.1, 0.15) is 11.2 Å². The van der Waals surface area contributed by atoms with E-state index in [-0.39, 0.29) is 17.1 Å². The third-order valence-corrected chi connectivity index (χ3v) is 4.80. The number of nitrogens with zero attached hydrogens (tertiary/aromatic N) is 2. The molecule has 0 saturated carbocycles. The van der Waals surface area contributed by atoms with Crippen LogP contribution in [0.3, 0.4) is 0 Å². The van der Waals surface area contributed by atoms with E-state index in [0.717, 1.165) is 24.3 Å². The van der Waals surface area contributed by atoms with Crippen LogP contribution in [-0.2, 0) is 17.6 Å². The van der Waals surface area contributed by atoms with Crippen LogP contribution >= 0.6 is 0 Å². The molecule has 1 spiro atoms. The minimum absolute atomic E-state index is 0.215. The van der Waals surface area contributed by atoms with Crippen LogP contribution in [0.1, 0.15) is 49.3 Å². The number of carbonyl (C=O) groups excluding carboxylic acids is 1. The van der Waals surface area contributed by atoms with Gasteiger partial charge < -0.3 is 15.0 Å². The largest absolute Gasteiger partial charge is 0.363 e. The van der Waals surface area contributed by atoms with Crippen LogP contribution in [0.15, 0.2) is 4.79 Å². The zero-order chi connectivity index (χ0) is 17.5. The quantitative estimate of drug-likeness (QED) is 0.840. The molecular formula is C17H26N4O3. The molecule has 2 saturated heterocycles. The van der Waals surface area contributed by atoms with E-state index in [9.17, 15) is 9.59 Å². The van der Waals surface area contributed by atoms with E-state index < -0.39 is 11.2 Å². The lowest BCUT2D eigenvalue weighted by Gasteiger charge is -2.54. The third-order valence-electron chi connectivity index (χ3n) is 4.80. The summed E-state index contributed by atoms with van der Waals surface area (Å²) in [5, 5.41) is 9.80. The first-order valence-electron chi connectivity index (χ1n) is 8.61. The number of carbonyl (C=O) groups is 1. The van der Waals surface area contributed by atoms with E-state index in [1.807, 2.05) is 27.7 Å². The molecule has 1 aromatic heterocycles. The predicted molar refractivity (Wildman–Crippen MR) is 90.3 cm³/mol. The van der Waals surface area contributed by atoms with Gasteiger partial charge in [-0.25, -0.2) is 5.10 Å². The Morgan fingerprint density at radius 2 is 1.96 bits per heavy atom. The summed E-state index contributed by atoms with van der Waals surface area (Å²) in [5.41, 5.74) is 0.611. The first kappa shape index (κ1) is 17.1. The van der Waals surface area contributed by atoms with Gasteiger partial charge in [0.15, 0.2) is 0 Å². The summed E-state index contributed by atoms with van der Waals surface area (Å²) in [4.78, 5) is 27.3. The number of aromatic nitrogens is 2. The van der Waals surface area contributed by atoms with Gasteiger partial charge in [0.05, 0.1) is 17.8 Å². The minimum atomic E-state index is -0.435.